The van der Waals surface area contributed by atoms with Crippen LogP contribution < -0.4 is 10.1 Å². The van der Waals surface area contributed by atoms with Crippen molar-refractivity contribution in [2.45, 2.75) is 40.2 Å². The minimum absolute atomic E-state index is 0.0718. The fourth-order valence-corrected chi connectivity index (χ4v) is 1.40. The number of ether oxygens (including phenoxy) is 1. The number of hydrogen-bond acceptors (Lipinski definition) is 2. The Morgan fingerprint density at radius 2 is 2.00 bits per heavy atom. The molecule has 0 heterocycles. The van der Waals surface area contributed by atoms with E-state index in [-0.39, 0.29) is 11.4 Å². The third-order valence-corrected chi connectivity index (χ3v) is 2.17. The smallest absolute Gasteiger partial charge is 0.251 e. The molecule has 0 aliphatic carbocycles. The van der Waals surface area contributed by atoms with Crippen LogP contribution in [0.5, 0.6) is 5.75 Å². The molecule has 0 fully saturated rings. The van der Waals surface area contributed by atoms with Gasteiger partial charge < -0.3 is 10.1 Å². The molecular weight excluding hydrogens is 226 g/mol. The molecule has 3 nitrogen and oxygen atoms in total. The Hall–Kier alpha value is -1.51. The Kier molecular flexibility index (Phi) is 4.76. The monoisotopic (exact) mass is 249 g/mol. The summed E-state index contributed by atoms with van der Waals surface area (Å²) in [7, 11) is 0. The van der Waals surface area contributed by atoms with Crippen LogP contribution in [0, 0.1) is 5.92 Å². The Labute approximate surface area is 110 Å². The lowest BCUT2D eigenvalue weighted by Crippen LogP contribution is -2.40. The molecule has 1 N–H and O–H groups in total. The van der Waals surface area contributed by atoms with E-state index < -0.39 is 0 Å². The van der Waals surface area contributed by atoms with E-state index in [0.29, 0.717) is 18.1 Å². The van der Waals surface area contributed by atoms with Gasteiger partial charge in [-0.25, -0.2) is 0 Å². The summed E-state index contributed by atoms with van der Waals surface area (Å²) in [6.07, 6.45) is 0. The molecule has 0 bridgehead atoms. The van der Waals surface area contributed by atoms with E-state index >= 15 is 0 Å². The number of rotatable bonds is 4. The van der Waals surface area contributed by atoms with Gasteiger partial charge in [0.15, 0.2) is 0 Å². The molecule has 1 aromatic carbocycles. The molecule has 0 atom stereocenters. The van der Waals surface area contributed by atoms with Crippen LogP contribution in [0.2, 0.25) is 0 Å². The van der Waals surface area contributed by atoms with E-state index in [1.807, 2.05) is 32.9 Å². The molecule has 18 heavy (non-hydrogen) atoms. The van der Waals surface area contributed by atoms with Gasteiger partial charge in [-0.1, -0.05) is 19.9 Å². The highest BCUT2D eigenvalue weighted by molar-refractivity contribution is 5.95. The molecule has 0 radical (unpaired) electrons. The van der Waals surface area contributed by atoms with Crippen LogP contribution in [0.4, 0.5) is 0 Å². The van der Waals surface area contributed by atoms with Crippen molar-refractivity contribution >= 4 is 5.91 Å². The molecule has 0 unspecified atom stereocenters. The van der Waals surface area contributed by atoms with Gasteiger partial charge in [0.05, 0.1) is 6.61 Å². The summed E-state index contributed by atoms with van der Waals surface area (Å²) < 4.78 is 5.61. The largest absolute Gasteiger partial charge is 0.493 e. The van der Waals surface area contributed by atoms with Crippen molar-refractivity contribution in [2.24, 2.45) is 5.92 Å². The van der Waals surface area contributed by atoms with E-state index in [0.717, 1.165) is 5.75 Å². The Morgan fingerprint density at radius 3 is 2.56 bits per heavy atom. The zero-order chi connectivity index (χ0) is 13.8. The lowest BCUT2D eigenvalue weighted by atomic mass is 10.1. The molecule has 100 valence electrons. The molecule has 0 aliphatic heterocycles. The van der Waals surface area contributed by atoms with Crippen LogP contribution in [0.3, 0.4) is 0 Å². The second-order valence-electron chi connectivity index (χ2n) is 5.94. The topological polar surface area (TPSA) is 38.3 Å². The average Bonchev–Trinajstić information content (AvgIpc) is 2.24. The zero-order valence-electron chi connectivity index (χ0n) is 11.9. The summed E-state index contributed by atoms with van der Waals surface area (Å²) in [5.41, 5.74) is 0.400. The molecule has 0 saturated carbocycles. The molecule has 0 aromatic heterocycles. The van der Waals surface area contributed by atoms with Crippen LogP contribution >= 0.6 is 0 Å². The van der Waals surface area contributed by atoms with Gasteiger partial charge in [0.1, 0.15) is 5.75 Å². The first-order chi connectivity index (χ1) is 8.28. The van der Waals surface area contributed by atoms with Crippen LogP contribution in [-0.2, 0) is 0 Å². The Bertz CT molecular complexity index is 405. The van der Waals surface area contributed by atoms with E-state index in [1.165, 1.54) is 0 Å². The highest BCUT2D eigenvalue weighted by Gasteiger charge is 2.15. The lowest BCUT2D eigenvalue weighted by molar-refractivity contribution is 0.0919. The predicted molar refractivity (Wildman–Crippen MR) is 74.0 cm³/mol. The van der Waals surface area contributed by atoms with Gasteiger partial charge in [-0.05, 0) is 44.9 Å². The van der Waals surface area contributed by atoms with Gasteiger partial charge in [0, 0.05) is 11.1 Å². The van der Waals surface area contributed by atoms with Gasteiger partial charge in [-0.2, -0.15) is 0 Å². The number of benzene rings is 1. The molecule has 3 heteroatoms. The number of carbonyl (C=O) groups excluding carboxylic acids is 1. The highest BCUT2D eigenvalue weighted by Crippen LogP contribution is 2.15. The molecular formula is C15H23NO2. The van der Waals surface area contributed by atoms with Crippen LogP contribution in [0.15, 0.2) is 24.3 Å². The molecule has 1 amide bonds. The van der Waals surface area contributed by atoms with Crippen molar-refractivity contribution in [3.05, 3.63) is 29.8 Å². The minimum atomic E-state index is -0.230. The summed E-state index contributed by atoms with van der Waals surface area (Å²) >= 11 is 0. The Morgan fingerprint density at radius 1 is 1.33 bits per heavy atom. The van der Waals surface area contributed by atoms with Crippen molar-refractivity contribution in [3.8, 4) is 5.75 Å². The SMILES string of the molecule is CC(C)COc1cccc(C(=O)NC(C)(C)C)c1. The predicted octanol–water partition coefficient (Wildman–Crippen LogP) is 3.25. The molecule has 0 saturated heterocycles. The molecule has 1 aromatic rings. The van der Waals surface area contributed by atoms with E-state index in [4.69, 9.17) is 4.74 Å². The van der Waals surface area contributed by atoms with E-state index in [9.17, 15) is 4.79 Å². The fourth-order valence-electron chi connectivity index (χ4n) is 1.40. The van der Waals surface area contributed by atoms with Gasteiger partial charge in [0.2, 0.25) is 0 Å². The van der Waals surface area contributed by atoms with Gasteiger partial charge in [-0.15, -0.1) is 0 Å². The number of nitrogens with one attached hydrogen (secondary N) is 1. The lowest BCUT2D eigenvalue weighted by Gasteiger charge is -2.20. The van der Waals surface area contributed by atoms with Gasteiger partial charge in [-0.3, -0.25) is 4.79 Å². The van der Waals surface area contributed by atoms with Crippen molar-refractivity contribution in [1.82, 2.24) is 5.32 Å². The number of amides is 1. The maximum absolute atomic E-state index is 12.0. The normalized spacial score (nSPS) is 11.4. The van der Waals surface area contributed by atoms with E-state index in [2.05, 4.69) is 19.2 Å². The third kappa shape index (κ3) is 5.21. The highest BCUT2D eigenvalue weighted by atomic mass is 16.5. The summed E-state index contributed by atoms with van der Waals surface area (Å²) in [5.74, 6) is 1.14. The van der Waals surface area contributed by atoms with Gasteiger partial charge in [0.25, 0.3) is 5.91 Å². The molecule has 1 rings (SSSR count). The first-order valence-corrected chi connectivity index (χ1v) is 6.33. The first kappa shape index (κ1) is 14.6. The molecule has 0 spiro atoms. The third-order valence-electron chi connectivity index (χ3n) is 2.17. The summed E-state index contributed by atoms with van der Waals surface area (Å²) in [6, 6.07) is 7.29. The summed E-state index contributed by atoms with van der Waals surface area (Å²) in [5, 5.41) is 2.93. The van der Waals surface area contributed by atoms with Crippen LogP contribution in [-0.4, -0.2) is 18.1 Å². The summed E-state index contributed by atoms with van der Waals surface area (Å²) in [6.45, 7) is 10.7. The second kappa shape index (κ2) is 5.89. The fraction of sp³-hybridized carbons (Fsp3) is 0.533. The molecule has 0 aliphatic rings. The van der Waals surface area contributed by atoms with Crippen molar-refractivity contribution in [1.29, 1.82) is 0 Å². The number of carbonyl (C=O) groups is 1. The minimum Gasteiger partial charge on any atom is -0.493 e. The maximum Gasteiger partial charge on any atom is 0.251 e. The quantitative estimate of drug-likeness (QED) is 0.889. The second-order valence-corrected chi connectivity index (χ2v) is 5.94. The van der Waals surface area contributed by atoms with Crippen LogP contribution in [0.1, 0.15) is 45.0 Å². The van der Waals surface area contributed by atoms with Crippen LogP contribution in [0.25, 0.3) is 0 Å². The zero-order valence-corrected chi connectivity index (χ0v) is 11.9. The summed E-state index contributed by atoms with van der Waals surface area (Å²) in [4.78, 5) is 12.0. The Balaban J connectivity index is 2.72. The maximum atomic E-state index is 12.0. The first-order valence-electron chi connectivity index (χ1n) is 6.33. The van der Waals surface area contributed by atoms with E-state index in [1.54, 1.807) is 12.1 Å². The average molecular weight is 249 g/mol. The van der Waals surface area contributed by atoms with Crippen molar-refractivity contribution in [2.75, 3.05) is 6.61 Å². The van der Waals surface area contributed by atoms with Crippen molar-refractivity contribution in [3.63, 3.8) is 0 Å². The standard InChI is InChI=1S/C15H23NO2/c1-11(2)10-18-13-8-6-7-12(9-13)14(17)16-15(3,4)5/h6-9,11H,10H2,1-5H3,(H,16,17). The van der Waals surface area contributed by atoms with Crippen molar-refractivity contribution < 1.29 is 9.53 Å². The van der Waals surface area contributed by atoms with Gasteiger partial charge >= 0.3 is 0 Å². The number of hydrogen-bond donors (Lipinski definition) is 1.